The van der Waals surface area contributed by atoms with Gasteiger partial charge in [-0.15, -0.1) is 0 Å². The Morgan fingerprint density at radius 1 is 0.963 bits per heavy atom. The highest BCUT2D eigenvalue weighted by molar-refractivity contribution is 6.05. The molecule has 1 saturated heterocycles. The number of ether oxygens (including phenoxy) is 1. The summed E-state index contributed by atoms with van der Waals surface area (Å²) in [6, 6.07) is 18.9. The number of pyridine rings is 1. The minimum absolute atomic E-state index is 0.137. The van der Waals surface area contributed by atoms with Gasteiger partial charge in [-0.1, -0.05) is 48.5 Å². The van der Waals surface area contributed by atoms with E-state index >= 15 is 0 Å². The predicted octanol–water partition coefficient (Wildman–Crippen LogP) is 3.68. The molecule has 1 amide bonds. The van der Waals surface area contributed by atoms with Gasteiger partial charge in [-0.2, -0.15) is 0 Å². The Hall–Kier alpha value is -3.21. The van der Waals surface area contributed by atoms with Gasteiger partial charge in [0.15, 0.2) is 6.61 Å². The van der Waals surface area contributed by atoms with Crippen LogP contribution in [0.25, 0.3) is 22.2 Å². The maximum absolute atomic E-state index is 12.7. The topological polar surface area (TPSA) is 59.5 Å². The van der Waals surface area contributed by atoms with Gasteiger partial charge in [0.1, 0.15) is 0 Å². The van der Waals surface area contributed by atoms with E-state index in [1.807, 2.05) is 54.6 Å². The first-order chi connectivity index (χ1) is 13.2. The first-order valence-corrected chi connectivity index (χ1v) is 9.12. The second-order valence-corrected chi connectivity index (χ2v) is 6.60. The monoisotopic (exact) mass is 360 g/mol. The number of para-hydroxylation sites is 1. The van der Waals surface area contributed by atoms with Crippen LogP contribution in [-0.4, -0.2) is 41.5 Å². The summed E-state index contributed by atoms with van der Waals surface area (Å²) >= 11 is 0. The molecule has 0 aliphatic carbocycles. The van der Waals surface area contributed by atoms with Crippen LogP contribution in [-0.2, 0) is 9.53 Å². The van der Waals surface area contributed by atoms with E-state index in [4.69, 9.17) is 4.74 Å². The SMILES string of the molecule is O=C(OCC(=O)N1CCCC1)c1cc(-c2ccccc2)nc2ccccc12. The lowest BCUT2D eigenvalue weighted by molar-refractivity contribution is -0.133. The molecule has 0 unspecified atom stereocenters. The van der Waals surface area contributed by atoms with Gasteiger partial charge >= 0.3 is 5.97 Å². The number of nitrogens with zero attached hydrogens (tertiary/aromatic N) is 2. The minimum Gasteiger partial charge on any atom is -0.452 e. The molecule has 0 N–H and O–H groups in total. The summed E-state index contributed by atoms with van der Waals surface area (Å²) in [6.07, 6.45) is 2.02. The fourth-order valence-corrected chi connectivity index (χ4v) is 3.36. The van der Waals surface area contributed by atoms with Crippen LogP contribution in [0.15, 0.2) is 60.7 Å². The highest BCUT2D eigenvalue weighted by atomic mass is 16.5. The fraction of sp³-hybridized carbons (Fsp3) is 0.227. The zero-order valence-electron chi connectivity index (χ0n) is 14.9. The second-order valence-electron chi connectivity index (χ2n) is 6.60. The van der Waals surface area contributed by atoms with Crippen molar-refractivity contribution in [3.8, 4) is 11.3 Å². The second kappa shape index (κ2) is 7.58. The van der Waals surface area contributed by atoms with Crippen LogP contribution in [0.1, 0.15) is 23.2 Å². The van der Waals surface area contributed by atoms with Crippen LogP contribution in [0.3, 0.4) is 0 Å². The summed E-state index contributed by atoms with van der Waals surface area (Å²) in [5, 5.41) is 0.718. The van der Waals surface area contributed by atoms with E-state index in [-0.39, 0.29) is 12.5 Å². The van der Waals surface area contributed by atoms with Crippen LogP contribution >= 0.6 is 0 Å². The average Bonchev–Trinajstić information content (AvgIpc) is 3.26. The van der Waals surface area contributed by atoms with Crippen LogP contribution < -0.4 is 0 Å². The largest absolute Gasteiger partial charge is 0.452 e. The Morgan fingerprint density at radius 3 is 2.44 bits per heavy atom. The van der Waals surface area contributed by atoms with E-state index < -0.39 is 5.97 Å². The maximum atomic E-state index is 12.7. The van der Waals surface area contributed by atoms with Crippen molar-refractivity contribution in [1.82, 2.24) is 9.88 Å². The van der Waals surface area contributed by atoms with Crippen molar-refractivity contribution in [2.45, 2.75) is 12.8 Å². The molecule has 3 aromatic rings. The lowest BCUT2D eigenvalue weighted by Crippen LogP contribution is -2.32. The van der Waals surface area contributed by atoms with Gasteiger partial charge in [0.2, 0.25) is 0 Å². The molecular formula is C22H20N2O3. The van der Waals surface area contributed by atoms with Gasteiger partial charge in [0.05, 0.1) is 16.8 Å². The van der Waals surface area contributed by atoms with Crippen molar-refractivity contribution < 1.29 is 14.3 Å². The number of amides is 1. The molecule has 5 nitrogen and oxygen atoms in total. The quantitative estimate of drug-likeness (QED) is 0.666. The molecule has 136 valence electrons. The van der Waals surface area contributed by atoms with E-state index in [0.717, 1.165) is 42.4 Å². The molecule has 27 heavy (non-hydrogen) atoms. The molecule has 2 aromatic carbocycles. The van der Waals surface area contributed by atoms with Crippen molar-refractivity contribution in [2.24, 2.45) is 0 Å². The van der Waals surface area contributed by atoms with Crippen LogP contribution in [0.4, 0.5) is 0 Å². The lowest BCUT2D eigenvalue weighted by Gasteiger charge is -2.15. The summed E-state index contributed by atoms with van der Waals surface area (Å²) < 4.78 is 5.34. The fourth-order valence-electron chi connectivity index (χ4n) is 3.36. The van der Waals surface area contributed by atoms with Crippen LogP contribution in [0.5, 0.6) is 0 Å². The molecule has 1 aromatic heterocycles. The Morgan fingerprint density at radius 2 is 1.67 bits per heavy atom. The predicted molar refractivity (Wildman–Crippen MR) is 103 cm³/mol. The molecule has 0 saturated carbocycles. The summed E-state index contributed by atoms with van der Waals surface area (Å²) in [7, 11) is 0. The lowest BCUT2D eigenvalue weighted by atomic mass is 10.0. The number of hydrogen-bond donors (Lipinski definition) is 0. The van der Waals surface area contributed by atoms with Crippen molar-refractivity contribution in [3.05, 3.63) is 66.2 Å². The van der Waals surface area contributed by atoms with Gasteiger partial charge in [-0.3, -0.25) is 4.79 Å². The normalized spacial score (nSPS) is 13.7. The zero-order chi connectivity index (χ0) is 18.6. The number of carbonyl (C=O) groups is 2. The highest BCUT2D eigenvalue weighted by Crippen LogP contribution is 2.25. The number of benzene rings is 2. The number of carbonyl (C=O) groups excluding carboxylic acids is 2. The summed E-state index contributed by atoms with van der Waals surface area (Å²) in [5.41, 5.74) is 2.77. The van der Waals surface area contributed by atoms with E-state index in [1.165, 1.54) is 0 Å². The number of hydrogen-bond acceptors (Lipinski definition) is 4. The smallest absolute Gasteiger partial charge is 0.339 e. The van der Waals surface area contributed by atoms with Crippen molar-refractivity contribution in [2.75, 3.05) is 19.7 Å². The standard InChI is InChI=1S/C22H20N2O3/c25-21(24-12-6-7-13-24)15-27-22(26)18-14-20(16-8-2-1-3-9-16)23-19-11-5-4-10-17(18)19/h1-5,8-11,14H,6-7,12-13,15H2. The first kappa shape index (κ1) is 17.2. The minimum atomic E-state index is -0.502. The van der Waals surface area contributed by atoms with E-state index in [0.29, 0.717) is 11.3 Å². The third-order valence-corrected chi connectivity index (χ3v) is 4.79. The average molecular weight is 360 g/mol. The third kappa shape index (κ3) is 3.67. The van der Waals surface area contributed by atoms with Gasteiger partial charge in [0.25, 0.3) is 5.91 Å². The number of rotatable bonds is 4. The Balaban J connectivity index is 1.63. The molecule has 4 rings (SSSR count). The van der Waals surface area contributed by atoms with Gasteiger partial charge in [-0.25, -0.2) is 9.78 Å². The molecule has 1 aliphatic rings. The van der Waals surface area contributed by atoms with Gasteiger partial charge in [0, 0.05) is 24.0 Å². The summed E-state index contributed by atoms with van der Waals surface area (Å²) in [5.74, 6) is -0.638. The molecule has 0 bridgehead atoms. The number of fused-ring (bicyclic) bond motifs is 1. The van der Waals surface area contributed by atoms with Crippen molar-refractivity contribution in [1.29, 1.82) is 0 Å². The van der Waals surface area contributed by atoms with Gasteiger partial charge in [-0.05, 0) is 25.0 Å². The maximum Gasteiger partial charge on any atom is 0.339 e. The van der Waals surface area contributed by atoms with E-state index in [2.05, 4.69) is 4.98 Å². The molecule has 0 spiro atoms. The Bertz CT molecular complexity index is 979. The summed E-state index contributed by atoms with van der Waals surface area (Å²) in [4.78, 5) is 31.3. The Kier molecular flexibility index (Phi) is 4.83. The molecular weight excluding hydrogens is 340 g/mol. The molecule has 2 heterocycles. The number of likely N-dealkylation sites (tertiary alicyclic amines) is 1. The molecule has 1 fully saturated rings. The first-order valence-electron chi connectivity index (χ1n) is 9.12. The molecule has 1 aliphatic heterocycles. The number of aromatic nitrogens is 1. The van der Waals surface area contributed by atoms with Crippen LogP contribution in [0.2, 0.25) is 0 Å². The molecule has 0 atom stereocenters. The van der Waals surface area contributed by atoms with Crippen molar-refractivity contribution in [3.63, 3.8) is 0 Å². The Labute approximate surface area is 157 Å². The highest BCUT2D eigenvalue weighted by Gasteiger charge is 2.21. The van der Waals surface area contributed by atoms with Crippen molar-refractivity contribution >= 4 is 22.8 Å². The van der Waals surface area contributed by atoms with E-state index in [9.17, 15) is 9.59 Å². The molecule has 5 heteroatoms. The summed E-state index contributed by atoms with van der Waals surface area (Å²) in [6.45, 7) is 1.26. The molecule has 0 radical (unpaired) electrons. The van der Waals surface area contributed by atoms with Gasteiger partial charge < -0.3 is 9.64 Å². The number of esters is 1. The van der Waals surface area contributed by atoms with Crippen LogP contribution in [0, 0.1) is 0 Å². The third-order valence-electron chi connectivity index (χ3n) is 4.79. The van der Waals surface area contributed by atoms with E-state index in [1.54, 1.807) is 11.0 Å². The zero-order valence-corrected chi connectivity index (χ0v) is 14.9.